The molecule has 0 aliphatic heterocycles. The molecule has 1 aromatic carbocycles. The molecule has 0 aliphatic carbocycles. The number of nitrogens with one attached hydrogen (secondary N) is 1. The molecule has 1 heterocycles. The van der Waals surface area contributed by atoms with Gasteiger partial charge in [0.1, 0.15) is 0 Å². The lowest BCUT2D eigenvalue weighted by Crippen LogP contribution is -2.06. The average molecular weight is 295 g/mol. The van der Waals surface area contributed by atoms with Crippen LogP contribution in [0, 0.1) is 0 Å². The maximum atomic E-state index is 10.7. The van der Waals surface area contributed by atoms with Gasteiger partial charge in [-0.25, -0.2) is 4.79 Å². The van der Waals surface area contributed by atoms with E-state index in [4.69, 9.17) is 21.4 Å². The third-order valence-electron chi connectivity index (χ3n) is 2.42. The quantitative estimate of drug-likeness (QED) is 0.868. The van der Waals surface area contributed by atoms with E-state index >= 15 is 0 Å². The van der Waals surface area contributed by atoms with Gasteiger partial charge in [-0.2, -0.15) is 15.0 Å². The molecule has 0 amide bonds. The molecule has 0 atom stereocenters. The lowest BCUT2D eigenvalue weighted by Gasteiger charge is -2.06. The Labute approximate surface area is 119 Å². The lowest BCUT2D eigenvalue weighted by atomic mass is 10.1. The molecule has 2 N–H and O–H groups in total. The van der Waals surface area contributed by atoms with Crippen molar-refractivity contribution >= 4 is 23.5 Å². The zero-order valence-corrected chi connectivity index (χ0v) is 11.3. The van der Waals surface area contributed by atoms with Gasteiger partial charge in [0.25, 0.3) is 0 Å². The highest BCUT2D eigenvalue weighted by Crippen LogP contribution is 2.12. The Hall–Kier alpha value is -2.41. The molecule has 0 saturated carbocycles. The molecular weight excluding hydrogens is 284 g/mol. The molecule has 104 valence electrons. The maximum Gasteiger partial charge on any atom is 0.335 e. The van der Waals surface area contributed by atoms with Crippen LogP contribution in [0.15, 0.2) is 24.3 Å². The summed E-state index contributed by atoms with van der Waals surface area (Å²) >= 11 is 5.72. The van der Waals surface area contributed by atoms with E-state index in [9.17, 15) is 4.79 Å². The lowest BCUT2D eigenvalue weighted by molar-refractivity contribution is 0.0697. The summed E-state index contributed by atoms with van der Waals surface area (Å²) in [4.78, 5) is 22.4. The molecule has 2 aromatic rings. The Morgan fingerprint density at radius 2 is 2.00 bits per heavy atom. The Bertz CT molecular complexity index is 619. The second-order valence-electron chi connectivity index (χ2n) is 3.77. The molecule has 0 bridgehead atoms. The second kappa shape index (κ2) is 6.16. The minimum absolute atomic E-state index is 0.0283. The Balaban J connectivity index is 2.04. The van der Waals surface area contributed by atoms with Gasteiger partial charge in [0.2, 0.25) is 11.2 Å². The summed E-state index contributed by atoms with van der Waals surface area (Å²) in [7, 11) is 1.43. The van der Waals surface area contributed by atoms with E-state index in [0.717, 1.165) is 5.56 Å². The highest BCUT2D eigenvalue weighted by Gasteiger charge is 2.05. The van der Waals surface area contributed by atoms with E-state index in [1.807, 2.05) is 0 Å². The van der Waals surface area contributed by atoms with Crippen molar-refractivity contribution in [2.24, 2.45) is 0 Å². The van der Waals surface area contributed by atoms with Crippen LogP contribution in [0.1, 0.15) is 15.9 Å². The fourth-order valence-electron chi connectivity index (χ4n) is 1.45. The van der Waals surface area contributed by atoms with E-state index in [-0.39, 0.29) is 22.8 Å². The predicted octanol–water partition coefficient (Wildman–Crippen LogP) is 1.84. The summed E-state index contributed by atoms with van der Waals surface area (Å²) in [5, 5.41) is 11.8. The number of ether oxygens (including phenoxy) is 1. The monoisotopic (exact) mass is 294 g/mol. The molecule has 7 nitrogen and oxygen atoms in total. The van der Waals surface area contributed by atoms with Crippen LogP contribution in [0.5, 0.6) is 6.01 Å². The van der Waals surface area contributed by atoms with Crippen LogP contribution in [0.4, 0.5) is 5.95 Å². The zero-order chi connectivity index (χ0) is 14.5. The molecule has 0 unspecified atom stereocenters. The largest absolute Gasteiger partial charge is 0.478 e. The number of carboxylic acids is 1. The van der Waals surface area contributed by atoms with Gasteiger partial charge < -0.3 is 15.2 Å². The smallest absolute Gasteiger partial charge is 0.335 e. The van der Waals surface area contributed by atoms with Gasteiger partial charge in [-0.05, 0) is 29.3 Å². The number of benzene rings is 1. The number of anilines is 1. The van der Waals surface area contributed by atoms with Crippen LogP contribution in [-0.4, -0.2) is 33.1 Å². The first kappa shape index (κ1) is 14.0. The van der Waals surface area contributed by atoms with Crippen LogP contribution < -0.4 is 10.1 Å². The summed E-state index contributed by atoms with van der Waals surface area (Å²) < 4.78 is 4.88. The Morgan fingerprint density at radius 3 is 2.60 bits per heavy atom. The number of aromatic nitrogens is 3. The molecular formula is C12H11ClN4O3. The highest BCUT2D eigenvalue weighted by molar-refractivity contribution is 6.28. The van der Waals surface area contributed by atoms with Gasteiger partial charge in [-0.1, -0.05) is 12.1 Å². The number of carbonyl (C=O) groups is 1. The summed E-state index contributed by atoms with van der Waals surface area (Å²) in [6, 6.07) is 6.59. The number of hydrogen-bond acceptors (Lipinski definition) is 6. The van der Waals surface area contributed by atoms with Crippen LogP contribution in [0.3, 0.4) is 0 Å². The highest BCUT2D eigenvalue weighted by atomic mass is 35.5. The van der Waals surface area contributed by atoms with Gasteiger partial charge in [-0.3, -0.25) is 0 Å². The van der Waals surface area contributed by atoms with Gasteiger partial charge in [0.15, 0.2) is 0 Å². The van der Waals surface area contributed by atoms with Crippen LogP contribution in [0.25, 0.3) is 0 Å². The fourth-order valence-corrected chi connectivity index (χ4v) is 1.60. The van der Waals surface area contributed by atoms with Gasteiger partial charge >= 0.3 is 12.0 Å². The van der Waals surface area contributed by atoms with Gasteiger partial charge in [0.05, 0.1) is 12.7 Å². The molecule has 0 aliphatic rings. The first-order valence-corrected chi connectivity index (χ1v) is 5.98. The summed E-state index contributed by atoms with van der Waals surface area (Å²) in [5.41, 5.74) is 1.11. The predicted molar refractivity (Wildman–Crippen MR) is 72.1 cm³/mol. The number of carboxylic acid groups (broad SMARTS) is 1. The van der Waals surface area contributed by atoms with E-state index in [1.165, 1.54) is 19.2 Å². The van der Waals surface area contributed by atoms with Crippen molar-refractivity contribution < 1.29 is 14.6 Å². The molecule has 20 heavy (non-hydrogen) atoms. The normalized spacial score (nSPS) is 10.1. The molecule has 2 rings (SSSR count). The topological polar surface area (TPSA) is 97.2 Å². The van der Waals surface area contributed by atoms with E-state index in [2.05, 4.69) is 20.3 Å². The van der Waals surface area contributed by atoms with Crippen molar-refractivity contribution in [3.63, 3.8) is 0 Å². The van der Waals surface area contributed by atoms with Crippen molar-refractivity contribution in [1.29, 1.82) is 0 Å². The third-order valence-corrected chi connectivity index (χ3v) is 2.59. The minimum atomic E-state index is -0.960. The SMILES string of the molecule is COc1nc(Cl)nc(NCc2ccc(C(=O)O)cc2)n1. The first-order valence-electron chi connectivity index (χ1n) is 5.60. The van der Waals surface area contributed by atoms with Crippen molar-refractivity contribution in [2.75, 3.05) is 12.4 Å². The molecule has 0 saturated heterocycles. The van der Waals surface area contributed by atoms with Crippen molar-refractivity contribution in [1.82, 2.24) is 15.0 Å². The standard InChI is InChI=1S/C12H11ClN4O3/c1-20-12-16-10(13)15-11(17-12)14-6-7-2-4-8(5-3-7)9(18)19/h2-5H,6H2,1H3,(H,18,19)(H,14,15,16,17). The number of aromatic carboxylic acids is 1. The van der Waals surface area contributed by atoms with E-state index in [0.29, 0.717) is 6.54 Å². The van der Waals surface area contributed by atoms with E-state index < -0.39 is 5.97 Å². The number of rotatable bonds is 5. The zero-order valence-electron chi connectivity index (χ0n) is 10.5. The molecule has 1 aromatic heterocycles. The molecule has 0 fully saturated rings. The Kier molecular flexibility index (Phi) is 4.31. The van der Waals surface area contributed by atoms with Gasteiger partial charge in [0, 0.05) is 6.54 Å². The van der Waals surface area contributed by atoms with E-state index in [1.54, 1.807) is 12.1 Å². The second-order valence-corrected chi connectivity index (χ2v) is 4.11. The molecule has 8 heteroatoms. The van der Waals surface area contributed by atoms with Crippen molar-refractivity contribution in [3.8, 4) is 6.01 Å². The summed E-state index contributed by atoms with van der Waals surface area (Å²) in [5.74, 6) is -0.678. The van der Waals surface area contributed by atoms with Crippen LogP contribution in [0.2, 0.25) is 5.28 Å². The molecule has 0 spiro atoms. The third kappa shape index (κ3) is 3.55. The fraction of sp³-hybridized carbons (Fsp3) is 0.167. The van der Waals surface area contributed by atoms with Gasteiger partial charge in [-0.15, -0.1) is 0 Å². The summed E-state index contributed by atoms with van der Waals surface area (Å²) in [6.45, 7) is 0.420. The number of nitrogens with zero attached hydrogens (tertiary/aromatic N) is 3. The van der Waals surface area contributed by atoms with Crippen molar-refractivity contribution in [2.45, 2.75) is 6.54 Å². The first-order chi connectivity index (χ1) is 9.58. The average Bonchev–Trinajstić information content (AvgIpc) is 2.45. The van der Waals surface area contributed by atoms with Crippen molar-refractivity contribution in [3.05, 3.63) is 40.7 Å². The Morgan fingerprint density at radius 1 is 1.30 bits per heavy atom. The molecule has 0 radical (unpaired) electrons. The van der Waals surface area contributed by atoms with Crippen LogP contribution in [-0.2, 0) is 6.54 Å². The minimum Gasteiger partial charge on any atom is -0.478 e. The summed E-state index contributed by atoms with van der Waals surface area (Å²) in [6.07, 6.45) is 0. The number of halogens is 1. The number of methoxy groups -OCH3 is 1. The van der Waals surface area contributed by atoms with Crippen LogP contribution >= 0.6 is 11.6 Å². The maximum absolute atomic E-state index is 10.7. The number of hydrogen-bond donors (Lipinski definition) is 2.